The lowest BCUT2D eigenvalue weighted by molar-refractivity contribution is -0.118. The maximum absolute atomic E-state index is 12.5. The zero-order valence-corrected chi connectivity index (χ0v) is 17.4. The first-order chi connectivity index (χ1) is 14.5. The standard InChI is InChI=1S/C23H25ClN2O4/c24-20-4-2-1-3-17(20)5-6-21(27)25-15-19-7-9-23(30-19)10-12-26(13-11-23)22(28)18-8-14-29-16-18/h1-6,8,14,16,19H,7,9-13,15H2,(H,25,27)/b6-5+. The summed E-state index contributed by atoms with van der Waals surface area (Å²) >= 11 is 6.10. The second-order valence-electron chi connectivity index (χ2n) is 7.87. The number of halogens is 1. The number of nitrogens with zero attached hydrogens (tertiary/aromatic N) is 1. The Morgan fingerprint density at radius 2 is 2.00 bits per heavy atom. The predicted octanol–water partition coefficient (Wildman–Crippen LogP) is 3.92. The Labute approximate surface area is 180 Å². The molecule has 2 aliphatic rings. The smallest absolute Gasteiger partial charge is 0.257 e. The Bertz CT molecular complexity index is 917. The summed E-state index contributed by atoms with van der Waals surface area (Å²) in [6.07, 6.45) is 9.69. The quantitative estimate of drug-likeness (QED) is 0.733. The van der Waals surface area contributed by atoms with Crippen molar-refractivity contribution in [2.75, 3.05) is 19.6 Å². The Hall–Kier alpha value is -2.57. The third-order valence-electron chi connectivity index (χ3n) is 5.89. The van der Waals surface area contributed by atoms with Crippen LogP contribution in [0.25, 0.3) is 6.08 Å². The fourth-order valence-corrected chi connectivity index (χ4v) is 4.34. The number of piperidine rings is 1. The largest absolute Gasteiger partial charge is 0.472 e. The summed E-state index contributed by atoms with van der Waals surface area (Å²) in [5.74, 6) is -0.161. The lowest BCUT2D eigenvalue weighted by atomic mass is 9.88. The number of rotatable bonds is 5. The van der Waals surface area contributed by atoms with Crippen LogP contribution in [-0.4, -0.2) is 48.1 Å². The maximum Gasteiger partial charge on any atom is 0.257 e. The van der Waals surface area contributed by atoms with Gasteiger partial charge in [0, 0.05) is 30.7 Å². The molecular weight excluding hydrogens is 404 g/mol. The summed E-state index contributed by atoms with van der Waals surface area (Å²) in [6.45, 7) is 1.82. The van der Waals surface area contributed by atoms with Crippen LogP contribution in [0.5, 0.6) is 0 Å². The van der Waals surface area contributed by atoms with E-state index in [2.05, 4.69) is 5.32 Å². The van der Waals surface area contributed by atoms with E-state index in [1.807, 2.05) is 23.1 Å². The van der Waals surface area contributed by atoms with Crippen LogP contribution in [0.1, 0.15) is 41.6 Å². The van der Waals surface area contributed by atoms with Crippen molar-refractivity contribution in [3.8, 4) is 0 Å². The molecule has 0 bridgehead atoms. The van der Waals surface area contributed by atoms with E-state index < -0.39 is 0 Å². The number of benzene rings is 1. The van der Waals surface area contributed by atoms with Gasteiger partial charge in [-0.3, -0.25) is 9.59 Å². The van der Waals surface area contributed by atoms with E-state index in [4.69, 9.17) is 20.8 Å². The molecule has 0 radical (unpaired) electrons. The van der Waals surface area contributed by atoms with E-state index in [0.717, 1.165) is 31.2 Å². The molecule has 2 aliphatic heterocycles. The molecule has 2 fully saturated rings. The van der Waals surface area contributed by atoms with Gasteiger partial charge < -0.3 is 19.4 Å². The monoisotopic (exact) mass is 428 g/mol. The van der Waals surface area contributed by atoms with E-state index in [9.17, 15) is 9.59 Å². The number of carbonyl (C=O) groups excluding carboxylic acids is 2. The number of furan rings is 1. The van der Waals surface area contributed by atoms with Crippen LogP contribution in [0.4, 0.5) is 0 Å². The molecular formula is C23H25ClN2O4. The first-order valence-electron chi connectivity index (χ1n) is 10.2. The molecule has 7 heteroatoms. The third-order valence-corrected chi connectivity index (χ3v) is 6.24. The zero-order chi connectivity index (χ0) is 21.0. The molecule has 0 saturated carbocycles. The molecule has 30 heavy (non-hydrogen) atoms. The molecule has 2 amide bonds. The summed E-state index contributed by atoms with van der Waals surface area (Å²) < 4.78 is 11.3. The molecule has 4 rings (SSSR count). The topological polar surface area (TPSA) is 71.8 Å². The van der Waals surface area contributed by atoms with Crippen LogP contribution >= 0.6 is 11.6 Å². The van der Waals surface area contributed by atoms with E-state index >= 15 is 0 Å². The molecule has 1 atom stereocenters. The minimum absolute atomic E-state index is 0.00112. The van der Waals surface area contributed by atoms with E-state index in [0.29, 0.717) is 30.2 Å². The molecule has 3 heterocycles. The molecule has 0 aliphatic carbocycles. The van der Waals surface area contributed by atoms with Crippen LogP contribution < -0.4 is 5.32 Å². The Morgan fingerprint density at radius 3 is 2.73 bits per heavy atom. The third kappa shape index (κ3) is 4.77. The van der Waals surface area contributed by atoms with Crippen LogP contribution in [0.3, 0.4) is 0 Å². The number of hydrogen-bond donors (Lipinski definition) is 1. The normalized spacial score (nSPS) is 20.7. The van der Waals surface area contributed by atoms with Gasteiger partial charge in [-0.2, -0.15) is 0 Å². The van der Waals surface area contributed by atoms with Crippen molar-refractivity contribution in [1.29, 1.82) is 0 Å². The van der Waals surface area contributed by atoms with Gasteiger partial charge in [-0.25, -0.2) is 0 Å². The van der Waals surface area contributed by atoms with Crippen molar-refractivity contribution in [1.82, 2.24) is 10.2 Å². The van der Waals surface area contributed by atoms with Gasteiger partial charge in [0.15, 0.2) is 0 Å². The number of hydrogen-bond acceptors (Lipinski definition) is 4. The summed E-state index contributed by atoms with van der Waals surface area (Å²) in [6, 6.07) is 9.07. The molecule has 6 nitrogen and oxygen atoms in total. The zero-order valence-electron chi connectivity index (χ0n) is 16.7. The average molecular weight is 429 g/mol. The van der Waals surface area contributed by atoms with Gasteiger partial charge in [0.1, 0.15) is 6.26 Å². The number of ether oxygens (including phenoxy) is 1. The first-order valence-corrected chi connectivity index (χ1v) is 10.6. The average Bonchev–Trinajstić information content (AvgIpc) is 3.43. The lowest BCUT2D eigenvalue weighted by Gasteiger charge is -2.39. The van der Waals surface area contributed by atoms with Crippen molar-refractivity contribution in [2.45, 2.75) is 37.4 Å². The fourth-order valence-electron chi connectivity index (χ4n) is 4.14. The van der Waals surface area contributed by atoms with Gasteiger partial charge in [-0.1, -0.05) is 29.8 Å². The highest BCUT2D eigenvalue weighted by molar-refractivity contribution is 6.32. The van der Waals surface area contributed by atoms with Gasteiger partial charge in [0.25, 0.3) is 5.91 Å². The number of amides is 2. The SMILES string of the molecule is O=C(/C=C/c1ccccc1Cl)NCC1CCC2(CCN(C(=O)c3ccoc3)CC2)O1. The van der Waals surface area contributed by atoms with Crippen molar-refractivity contribution in [3.63, 3.8) is 0 Å². The summed E-state index contributed by atoms with van der Waals surface area (Å²) in [5.41, 5.74) is 1.21. The second kappa shape index (κ2) is 9.06. The van der Waals surface area contributed by atoms with Gasteiger partial charge in [0.2, 0.25) is 5.91 Å². The summed E-state index contributed by atoms with van der Waals surface area (Å²) in [5, 5.41) is 3.52. The molecule has 158 valence electrons. The van der Waals surface area contributed by atoms with Crippen molar-refractivity contribution in [2.24, 2.45) is 0 Å². The first kappa shape index (κ1) is 20.7. The highest BCUT2D eigenvalue weighted by Gasteiger charge is 2.43. The number of likely N-dealkylation sites (tertiary alicyclic amines) is 1. The number of carbonyl (C=O) groups is 2. The van der Waals surface area contributed by atoms with Crippen LogP contribution in [-0.2, 0) is 9.53 Å². The van der Waals surface area contributed by atoms with Crippen LogP contribution in [0.15, 0.2) is 53.4 Å². The Kier molecular flexibility index (Phi) is 6.25. The number of nitrogens with one attached hydrogen (secondary N) is 1. The Balaban J connectivity index is 1.23. The van der Waals surface area contributed by atoms with Crippen LogP contribution in [0, 0.1) is 0 Å². The van der Waals surface area contributed by atoms with Gasteiger partial charge >= 0.3 is 0 Å². The highest BCUT2D eigenvalue weighted by Crippen LogP contribution is 2.39. The van der Waals surface area contributed by atoms with Gasteiger partial charge in [-0.05, 0) is 49.5 Å². The van der Waals surface area contributed by atoms with Gasteiger partial charge in [-0.15, -0.1) is 0 Å². The predicted molar refractivity (Wildman–Crippen MR) is 114 cm³/mol. The Morgan fingerprint density at radius 1 is 1.20 bits per heavy atom. The fraction of sp³-hybridized carbons (Fsp3) is 0.391. The van der Waals surface area contributed by atoms with E-state index in [1.165, 1.54) is 18.6 Å². The summed E-state index contributed by atoms with van der Waals surface area (Å²) in [7, 11) is 0. The minimum Gasteiger partial charge on any atom is -0.472 e. The lowest BCUT2D eigenvalue weighted by Crippen LogP contribution is -2.47. The van der Waals surface area contributed by atoms with Gasteiger partial charge in [0.05, 0.1) is 23.5 Å². The van der Waals surface area contributed by atoms with E-state index in [-0.39, 0.29) is 23.5 Å². The van der Waals surface area contributed by atoms with Crippen LogP contribution in [0.2, 0.25) is 5.02 Å². The molecule has 1 aromatic heterocycles. The molecule has 1 unspecified atom stereocenters. The molecule has 1 N–H and O–H groups in total. The molecule has 1 aromatic carbocycles. The second-order valence-corrected chi connectivity index (χ2v) is 8.27. The minimum atomic E-state index is -0.185. The molecule has 2 saturated heterocycles. The molecule has 1 spiro atoms. The van der Waals surface area contributed by atoms with Crippen molar-refractivity contribution >= 4 is 29.5 Å². The van der Waals surface area contributed by atoms with Crippen molar-refractivity contribution in [3.05, 3.63) is 65.1 Å². The molecule has 2 aromatic rings. The highest BCUT2D eigenvalue weighted by atomic mass is 35.5. The van der Waals surface area contributed by atoms with Crippen molar-refractivity contribution < 1.29 is 18.7 Å². The maximum atomic E-state index is 12.5. The summed E-state index contributed by atoms with van der Waals surface area (Å²) in [4.78, 5) is 26.4. The van der Waals surface area contributed by atoms with E-state index in [1.54, 1.807) is 18.2 Å².